The summed E-state index contributed by atoms with van der Waals surface area (Å²) in [6.45, 7) is 0. The molecular weight excluding hydrogens is 309 g/mol. The van der Waals surface area contributed by atoms with E-state index in [9.17, 15) is 17.6 Å². The predicted molar refractivity (Wildman–Crippen MR) is 81.3 cm³/mol. The van der Waals surface area contributed by atoms with Gasteiger partial charge in [-0.2, -0.15) is 0 Å². The highest BCUT2D eigenvalue weighted by Gasteiger charge is 2.15. The first-order valence-electron chi connectivity index (χ1n) is 6.19. The summed E-state index contributed by atoms with van der Waals surface area (Å²) in [5, 5.41) is 0. The maximum atomic E-state index is 14.0. The molecule has 0 radical (unpaired) electrons. The van der Waals surface area contributed by atoms with Crippen LogP contribution < -0.4 is 16.6 Å². The van der Waals surface area contributed by atoms with Crippen molar-refractivity contribution in [1.29, 1.82) is 0 Å². The minimum atomic E-state index is -3.44. The van der Waals surface area contributed by atoms with E-state index in [1.165, 1.54) is 24.3 Å². The van der Waals surface area contributed by atoms with Gasteiger partial charge in [0.1, 0.15) is 5.82 Å². The number of sulfone groups is 1. The molecule has 2 amide bonds. The van der Waals surface area contributed by atoms with Gasteiger partial charge < -0.3 is 5.73 Å². The number of halogens is 1. The van der Waals surface area contributed by atoms with Gasteiger partial charge in [0.05, 0.1) is 10.6 Å². The smallest absolute Gasteiger partial charge is 0.330 e. The van der Waals surface area contributed by atoms with Crippen LogP contribution in [0.2, 0.25) is 0 Å². The average molecular weight is 323 g/mol. The predicted octanol–water partition coefficient (Wildman–Crippen LogP) is 1.89. The van der Waals surface area contributed by atoms with Gasteiger partial charge in [0.25, 0.3) is 0 Å². The number of hydrogen-bond donors (Lipinski definition) is 3. The van der Waals surface area contributed by atoms with Crippen molar-refractivity contribution in [2.24, 2.45) is 5.73 Å². The van der Waals surface area contributed by atoms with Gasteiger partial charge in [0, 0.05) is 11.8 Å². The number of rotatable bonds is 4. The number of amides is 2. The molecule has 2 aromatic carbocycles. The molecule has 0 aliphatic heterocycles. The normalized spacial score (nSPS) is 11.0. The van der Waals surface area contributed by atoms with Crippen molar-refractivity contribution < 1.29 is 17.6 Å². The largest absolute Gasteiger partial charge is 0.350 e. The lowest BCUT2D eigenvalue weighted by molar-refractivity contribution is 0.250. The molecule has 0 bridgehead atoms. The Morgan fingerprint density at radius 1 is 1.18 bits per heavy atom. The van der Waals surface area contributed by atoms with Crippen LogP contribution in [0, 0.1) is 5.82 Å². The van der Waals surface area contributed by atoms with Crippen molar-refractivity contribution in [2.45, 2.75) is 4.90 Å². The van der Waals surface area contributed by atoms with Crippen LogP contribution in [-0.4, -0.2) is 20.7 Å². The zero-order valence-electron chi connectivity index (χ0n) is 11.6. The number of hydrogen-bond acceptors (Lipinski definition) is 4. The molecular formula is C14H14FN3O3S. The Hall–Kier alpha value is -2.61. The Morgan fingerprint density at radius 2 is 1.86 bits per heavy atom. The number of carbonyl (C=O) groups excluding carboxylic acids is 1. The summed E-state index contributed by atoms with van der Waals surface area (Å²) in [5.74, 6) is -0.658. The van der Waals surface area contributed by atoms with Crippen LogP contribution in [0.5, 0.6) is 0 Å². The van der Waals surface area contributed by atoms with Crippen molar-refractivity contribution in [2.75, 3.05) is 11.7 Å². The van der Waals surface area contributed by atoms with Gasteiger partial charge in [0.2, 0.25) is 0 Å². The summed E-state index contributed by atoms with van der Waals surface area (Å²) in [5.41, 5.74) is 10.1. The van der Waals surface area contributed by atoms with Crippen LogP contribution in [0.25, 0.3) is 11.1 Å². The molecule has 0 aliphatic rings. The van der Waals surface area contributed by atoms with Crippen molar-refractivity contribution in [1.82, 2.24) is 5.43 Å². The van der Waals surface area contributed by atoms with Crippen LogP contribution in [0.1, 0.15) is 0 Å². The Balaban J connectivity index is 2.43. The molecule has 22 heavy (non-hydrogen) atoms. The minimum Gasteiger partial charge on any atom is -0.350 e. The third-order valence-electron chi connectivity index (χ3n) is 2.89. The van der Waals surface area contributed by atoms with Crippen LogP contribution in [0.4, 0.5) is 14.9 Å². The monoisotopic (exact) mass is 323 g/mol. The standard InChI is InChI=1S/C14H14FN3O3S/c1-22(20,21)13-5-3-2-4-10(13)9-6-7-12(11(15)8-9)17-18-14(16)19/h2-8,17H,1H3,(H3,16,18,19). The van der Waals surface area contributed by atoms with E-state index in [4.69, 9.17) is 5.73 Å². The summed E-state index contributed by atoms with van der Waals surface area (Å²) in [6, 6.07) is 9.56. The minimum absolute atomic E-state index is 0.0133. The number of carbonyl (C=O) groups is 1. The zero-order valence-corrected chi connectivity index (χ0v) is 12.4. The molecule has 2 rings (SSSR count). The molecule has 0 unspecified atom stereocenters. The SMILES string of the molecule is CS(=O)(=O)c1ccccc1-c1ccc(NNC(N)=O)c(F)c1. The van der Waals surface area contributed by atoms with Gasteiger partial charge in [-0.25, -0.2) is 17.6 Å². The lowest BCUT2D eigenvalue weighted by Gasteiger charge is -2.11. The molecule has 2 aromatic rings. The number of hydrazine groups is 1. The lowest BCUT2D eigenvalue weighted by Crippen LogP contribution is -2.34. The first-order valence-corrected chi connectivity index (χ1v) is 8.08. The van der Waals surface area contributed by atoms with Crippen molar-refractivity contribution in [3.8, 4) is 11.1 Å². The number of benzene rings is 2. The Bertz CT molecular complexity index is 822. The molecule has 0 aliphatic carbocycles. The van der Waals surface area contributed by atoms with E-state index < -0.39 is 21.7 Å². The van der Waals surface area contributed by atoms with Gasteiger partial charge >= 0.3 is 6.03 Å². The molecule has 0 heterocycles. The number of anilines is 1. The molecule has 0 aromatic heterocycles. The topological polar surface area (TPSA) is 101 Å². The second kappa shape index (κ2) is 6.02. The van der Waals surface area contributed by atoms with E-state index in [0.717, 1.165) is 6.26 Å². The second-order valence-corrected chi connectivity index (χ2v) is 6.56. The third kappa shape index (κ3) is 3.53. The highest BCUT2D eigenvalue weighted by molar-refractivity contribution is 7.90. The van der Waals surface area contributed by atoms with E-state index >= 15 is 0 Å². The Labute approximate surface area is 127 Å². The Kier molecular flexibility index (Phi) is 4.32. The molecule has 6 nitrogen and oxygen atoms in total. The van der Waals surface area contributed by atoms with Crippen LogP contribution >= 0.6 is 0 Å². The summed E-state index contributed by atoms with van der Waals surface area (Å²) in [4.78, 5) is 10.7. The maximum Gasteiger partial charge on any atom is 0.330 e. The molecule has 0 saturated heterocycles. The zero-order chi connectivity index (χ0) is 16.3. The molecule has 0 fully saturated rings. The molecule has 8 heteroatoms. The molecule has 4 N–H and O–H groups in total. The Morgan fingerprint density at radius 3 is 2.45 bits per heavy atom. The quantitative estimate of drug-likeness (QED) is 0.748. The third-order valence-corrected chi connectivity index (χ3v) is 4.04. The van der Waals surface area contributed by atoms with E-state index in [1.54, 1.807) is 18.2 Å². The maximum absolute atomic E-state index is 14.0. The number of urea groups is 1. The number of nitrogens with one attached hydrogen (secondary N) is 2. The van der Waals surface area contributed by atoms with Crippen molar-refractivity contribution in [3.05, 3.63) is 48.3 Å². The van der Waals surface area contributed by atoms with Gasteiger partial charge in [-0.1, -0.05) is 24.3 Å². The summed E-state index contributed by atoms with van der Waals surface area (Å²) in [6.07, 6.45) is 1.09. The van der Waals surface area contributed by atoms with E-state index in [2.05, 4.69) is 10.9 Å². The molecule has 0 atom stereocenters. The molecule has 0 saturated carbocycles. The fourth-order valence-electron chi connectivity index (χ4n) is 1.94. The highest BCUT2D eigenvalue weighted by atomic mass is 32.2. The fraction of sp³-hybridized carbons (Fsp3) is 0.0714. The summed E-state index contributed by atoms with van der Waals surface area (Å²) in [7, 11) is -3.44. The first kappa shape index (κ1) is 15.8. The van der Waals surface area contributed by atoms with Crippen LogP contribution in [-0.2, 0) is 9.84 Å². The van der Waals surface area contributed by atoms with Gasteiger partial charge in [-0.3, -0.25) is 10.9 Å². The first-order chi connectivity index (χ1) is 10.3. The lowest BCUT2D eigenvalue weighted by atomic mass is 10.1. The summed E-state index contributed by atoms with van der Waals surface area (Å²) < 4.78 is 37.6. The van der Waals surface area contributed by atoms with E-state index in [1.807, 2.05) is 0 Å². The van der Waals surface area contributed by atoms with E-state index in [-0.39, 0.29) is 10.6 Å². The van der Waals surface area contributed by atoms with Gasteiger partial charge in [0.15, 0.2) is 9.84 Å². The average Bonchev–Trinajstić information content (AvgIpc) is 2.45. The van der Waals surface area contributed by atoms with E-state index in [0.29, 0.717) is 11.1 Å². The fourth-order valence-corrected chi connectivity index (χ4v) is 2.85. The molecule has 116 valence electrons. The highest BCUT2D eigenvalue weighted by Crippen LogP contribution is 2.29. The van der Waals surface area contributed by atoms with Gasteiger partial charge in [-0.15, -0.1) is 0 Å². The van der Waals surface area contributed by atoms with Crippen LogP contribution in [0.3, 0.4) is 0 Å². The number of nitrogens with two attached hydrogens (primary N) is 1. The second-order valence-electron chi connectivity index (χ2n) is 4.58. The van der Waals surface area contributed by atoms with Crippen molar-refractivity contribution in [3.63, 3.8) is 0 Å². The van der Waals surface area contributed by atoms with Crippen molar-refractivity contribution >= 4 is 21.6 Å². The summed E-state index contributed by atoms with van der Waals surface area (Å²) >= 11 is 0. The van der Waals surface area contributed by atoms with Crippen LogP contribution in [0.15, 0.2) is 47.4 Å². The van der Waals surface area contributed by atoms with Gasteiger partial charge in [-0.05, 0) is 23.8 Å². The molecule has 0 spiro atoms. The number of primary amides is 1.